The SMILES string of the molecule is N=C(N)c1cc(Br)c(F)c(F)c1F. The van der Waals surface area contributed by atoms with Crippen molar-refractivity contribution in [3.63, 3.8) is 0 Å². The van der Waals surface area contributed by atoms with Gasteiger partial charge in [-0.3, -0.25) is 5.41 Å². The number of amidine groups is 1. The third-order valence-electron chi connectivity index (χ3n) is 1.39. The molecule has 6 heteroatoms. The Morgan fingerprint density at radius 2 is 1.77 bits per heavy atom. The average molecular weight is 253 g/mol. The molecule has 0 aliphatic carbocycles. The van der Waals surface area contributed by atoms with Gasteiger partial charge in [0, 0.05) is 0 Å². The summed E-state index contributed by atoms with van der Waals surface area (Å²) in [5.74, 6) is -5.08. The van der Waals surface area contributed by atoms with E-state index in [1.54, 1.807) is 0 Å². The molecule has 2 nitrogen and oxygen atoms in total. The number of nitrogens with one attached hydrogen (secondary N) is 1. The van der Waals surface area contributed by atoms with Gasteiger partial charge in [-0.2, -0.15) is 0 Å². The van der Waals surface area contributed by atoms with Crippen LogP contribution in [0.25, 0.3) is 0 Å². The fourth-order valence-corrected chi connectivity index (χ4v) is 1.17. The molecule has 0 saturated heterocycles. The normalized spacial score (nSPS) is 10.2. The van der Waals surface area contributed by atoms with Crippen molar-refractivity contribution >= 4 is 21.8 Å². The van der Waals surface area contributed by atoms with Gasteiger partial charge in [0.05, 0.1) is 10.0 Å². The Balaban J connectivity index is 3.50. The Hall–Kier alpha value is -1.04. The van der Waals surface area contributed by atoms with E-state index in [0.29, 0.717) is 0 Å². The summed E-state index contributed by atoms with van der Waals surface area (Å²) < 4.78 is 37.9. The lowest BCUT2D eigenvalue weighted by Crippen LogP contribution is -2.15. The van der Waals surface area contributed by atoms with Crippen LogP contribution in [0.5, 0.6) is 0 Å². The standard InChI is InChI=1S/C7H4BrF3N2/c8-3-1-2(7(12)13)4(9)6(11)5(3)10/h1H,(H3,12,13). The van der Waals surface area contributed by atoms with E-state index in [1.807, 2.05) is 0 Å². The van der Waals surface area contributed by atoms with E-state index < -0.39 is 28.9 Å². The molecule has 1 aromatic carbocycles. The quantitative estimate of drug-likeness (QED) is 0.342. The lowest BCUT2D eigenvalue weighted by Gasteiger charge is -2.03. The lowest BCUT2D eigenvalue weighted by molar-refractivity contribution is 0.443. The van der Waals surface area contributed by atoms with Crippen molar-refractivity contribution in [3.05, 3.63) is 33.6 Å². The van der Waals surface area contributed by atoms with Gasteiger partial charge in [-0.15, -0.1) is 0 Å². The molecule has 0 heterocycles. The van der Waals surface area contributed by atoms with Crippen molar-refractivity contribution < 1.29 is 13.2 Å². The van der Waals surface area contributed by atoms with Crippen molar-refractivity contribution in [2.24, 2.45) is 5.73 Å². The number of nitrogen functional groups attached to an aromatic ring is 1. The zero-order valence-corrected chi connectivity index (χ0v) is 7.75. The van der Waals surface area contributed by atoms with Gasteiger partial charge in [-0.05, 0) is 22.0 Å². The number of hydrogen-bond donors (Lipinski definition) is 2. The molecule has 0 atom stereocenters. The monoisotopic (exact) mass is 252 g/mol. The predicted molar refractivity (Wildman–Crippen MR) is 45.0 cm³/mol. The van der Waals surface area contributed by atoms with Gasteiger partial charge < -0.3 is 5.73 Å². The maximum Gasteiger partial charge on any atom is 0.196 e. The molecule has 0 amide bonds. The fourth-order valence-electron chi connectivity index (χ4n) is 0.769. The first-order valence-electron chi connectivity index (χ1n) is 3.12. The summed E-state index contributed by atoms with van der Waals surface area (Å²) in [6, 6.07) is 0.913. The van der Waals surface area contributed by atoms with Gasteiger partial charge in [-0.1, -0.05) is 0 Å². The molecule has 0 aliphatic rings. The number of halogens is 4. The van der Waals surface area contributed by atoms with E-state index in [2.05, 4.69) is 15.9 Å². The first-order valence-corrected chi connectivity index (χ1v) is 3.91. The van der Waals surface area contributed by atoms with Gasteiger partial charge in [0.25, 0.3) is 0 Å². The Bertz CT molecular complexity index is 378. The Labute approximate surface area is 80.2 Å². The zero-order chi connectivity index (χ0) is 10.2. The van der Waals surface area contributed by atoms with Crippen LogP contribution >= 0.6 is 15.9 Å². The topological polar surface area (TPSA) is 49.9 Å². The number of nitrogens with two attached hydrogens (primary N) is 1. The molecule has 0 saturated carbocycles. The highest BCUT2D eigenvalue weighted by molar-refractivity contribution is 9.10. The summed E-state index contributed by atoms with van der Waals surface area (Å²) in [4.78, 5) is 0. The lowest BCUT2D eigenvalue weighted by atomic mass is 10.2. The summed E-state index contributed by atoms with van der Waals surface area (Å²) in [5.41, 5.74) is 4.47. The van der Waals surface area contributed by atoms with Crippen LogP contribution in [-0.2, 0) is 0 Å². The second-order valence-electron chi connectivity index (χ2n) is 2.26. The van der Waals surface area contributed by atoms with Crippen LogP contribution in [0, 0.1) is 22.9 Å². The van der Waals surface area contributed by atoms with Crippen LogP contribution < -0.4 is 5.73 Å². The highest BCUT2D eigenvalue weighted by Crippen LogP contribution is 2.23. The molecule has 0 fully saturated rings. The highest BCUT2D eigenvalue weighted by Gasteiger charge is 2.18. The molecule has 3 N–H and O–H groups in total. The van der Waals surface area contributed by atoms with Crippen molar-refractivity contribution in [2.45, 2.75) is 0 Å². The Morgan fingerprint density at radius 1 is 1.23 bits per heavy atom. The molecule has 0 aliphatic heterocycles. The molecule has 0 aromatic heterocycles. The third kappa shape index (κ3) is 1.67. The summed E-state index contributed by atoms with van der Waals surface area (Å²) in [6.45, 7) is 0. The molecule has 1 aromatic rings. The molecular formula is C7H4BrF3N2. The van der Waals surface area contributed by atoms with Crippen LogP contribution in [0.3, 0.4) is 0 Å². The average Bonchev–Trinajstić information content (AvgIpc) is 2.07. The molecule has 13 heavy (non-hydrogen) atoms. The second kappa shape index (κ2) is 3.37. The molecule has 0 radical (unpaired) electrons. The smallest absolute Gasteiger partial charge is 0.196 e. The molecule has 0 unspecified atom stereocenters. The number of rotatable bonds is 1. The minimum absolute atomic E-state index is 0.267. The van der Waals surface area contributed by atoms with E-state index in [-0.39, 0.29) is 4.47 Å². The maximum absolute atomic E-state index is 12.8. The second-order valence-corrected chi connectivity index (χ2v) is 3.12. The molecule has 0 bridgehead atoms. The summed E-state index contributed by atoms with van der Waals surface area (Å²) >= 11 is 2.67. The molecular weight excluding hydrogens is 249 g/mol. The van der Waals surface area contributed by atoms with Crippen molar-refractivity contribution in [1.82, 2.24) is 0 Å². The van der Waals surface area contributed by atoms with Crippen molar-refractivity contribution in [2.75, 3.05) is 0 Å². The third-order valence-corrected chi connectivity index (χ3v) is 1.97. The Morgan fingerprint density at radius 3 is 2.23 bits per heavy atom. The van der Waals surface area contributed by atoms with Gasteiger partial charge in [0.1, 0.15) is 5.84 Å². The minimum atomic E-state index is -1.64. The van der Waals surface area contributed by atoms with Crippen LogP contribution in [0.2, 0.25) is 0 Å². The summed E-state index contributed by atoms with van der Waals surface area (Å²) in [5, 5.41) is 6.87. The maximum atomic E-state index is 12.8. The van der Waals surface area contributed by atoms with Gasteiger partial charge in [0.2, 0.25) is 0 Å². The van der Waals surface area contributed by atoms with Crippen LogP contribution in [0.4, 0.5) is 13.2 Å². The van der Waals surface area contributed by atoms with E-state index in [0.717, 1.165) is 6.07 Å². The van der Waals surface area contributed by atoms with Gasteiger partial charge in [-0.25, -0.2) is 13.2 Å². The molecule has 0 spiro atoms. The largest absolute Gasteiger partial charge is 0.384 e. The predicted octanol–water partition coefficient (Wildman–Crippen LogP) is 2.15. The van der Waals surface area contributed by atoms with Gasteiger partial charge in [0.15, 0.2) is 17.5 Å². The fraction of sp³-hybridized carbons (Fsp3) is 0. The Kier molecular flexibility index (Phi) is 2.60. The van der Waals surface area contributed by atoms with Crippen molar-refractivity contribution in [3.8, 4) is 0 Å². The summed E-state index contributed by atoms with van der Waals surface area (Å²) in [7, 11) is 0. The zero-order valence-electron chi connectivity index (χ0n) is 6.17. The number of hydrogen-bond acceptors (Lipinski definition) is 1. The summed E-state index contributed by atoms with van der Waals surface area (Å²) in [6.07, 6.45) is 0. The van der Waals surface area contributed by atoms with E-state index >= 15 is 0 Å². The molecule has 1 rings (SSSR count). The van der Waals surface area contributed by atoms with E-state index in [4.69, 9.17) is 11.1 Å². The van der Waals surface area contributed by atoms with Crippen LogP contribution in [0.1, 0.15) is 5.56 Å². The number of benzene rings is 1. The van der Waals surface area contributed by atoms with Crippen LogP contribution in [0.15, 0.2) is 10.5 Å². The molecule has 70 valence electrons. The van der Waals surface area contributed by atoms with E-state index in [1.165, 1.54) is 0 Å². The van der Waals surface area contributed by atoms with Crippen LogP contribution in [-0.4, -0.2) is 5.84 Å². The minimum Gasteiger partial charge on any atom is -0.384 e. The van der Waals surface area contributed by atoms with Gasteiger partial charge >= 0.3 is 0 Å². The van der Waals surface area contributed by atoms with Crippen molar-refractivity contribution in [1.29, 1.82) is 5.41 Å². The first kappa shape index (κ1) is 10.0. The highest BCUT2D eigenvalue weighted by atomic mass is 79.9. The van der Waals surface area contributed by atoms with E-state index in [9.17, 15) is 13.2 Å². The first-order chi connectivity index (χ1) is 5.95.